The summed E-state index contributed by atoms with van der Waals surface area (Å²) in [5, 5.41) is 12.6. The molecule has 1 aliphatic carbocycles. The Morgan fingerprint density at radius 2 is 1.89 bits per heavy atom. The van der Waals surface area contributed by atoms with Crippen molar-refractivity contribution in [3.8, 4) is 0 Å². The third kappa shape index (κ3) is 3.80. The van der Waals surface area contributed by atoms with Gasteiger partial charge in [-0.1, -0.05) is 56.5 Å². The first kappa shape index (κ1) is 14.1. The van der Waals surface area contributed by atoms with E-state index < -0.39 is 12.0 Å². The molecule has 0 bridgehead atoms. The average Bonchev–Trinajstić information content (AvgIpc) is 2.40. The minimum Gasteiger partial charge on any atom is -0.480 e. The molecule has 3 nitrogen and oxygen atoms in total. The van der Waals surface area contributed by atoms with Gasteiger partial charge in [0.15, 0.2) is 0 Å². The van der Waals surface area contributed by atoms with Gasteiger partial charge in [0.2, 0.25) is 0 Å². The van der Waals surface area contributed by atoms with Crippen LogP contribution in [0.15, 0.2) is 30.3 Å². The van der Waals surface area contributed by atoms with Crippen LogP contribution in [0.25, 0.3) is 0 Å². The van der Waals surface area contributed by atoms with Gasteiger partial charge in [0, 0.05) is 6.54 Å². The highest BCUT2D eigenvalue weighted by Gasteiger charge is 2.29. The van der Waals surface area contributed by atoms with Crippen LogP contribution in [0.5, 0.6) is 0 Å². The van der Waals surface area contributed by atoms with Crippen LogP contribution in [-0.4, -0.2) is 17.6 Å². The van der Waals surface area contributed by atoms with Gasteiger partial charge in [0.1, 0.15) is 6.04 Å². The van der Waals surface area contributed by atoms with E-state index >= 15 is 0 Å². The molecule has 0 aliphatic heterocycles. The van der Waals surface area contributed by atoms with Crippen molar-refractivity contribution < 1.29 is 9.90 Å². The van der Waals surface area contributed by atoms with Crippen LogP contribution < -0.4 is 5.32 Å². The topological polar surface area (TPSA) is 49.3 Å². The van der Waals surface area contributed by atoms with Crippen LogP contribution in [-0.2, 0) is 4.79 Å². The Hall–Kier alpha value is -1.35. The molecule has 3 heteroatoms. The molecule has 0 spiro atoms. The standard InChI is InChI=1S/C16H23NO2/c1-16(10-6-3-7-11-16)12-17-14(15(18)19)13-8-4-2-5-9-13/h2,4-5,8-9,14,17H,3,6-7,10-12H2,1H3,(H,18,19). The van der Waals surface area contributed by atoms with Crippen LogP contribution in [0, 0.1) is 5.41 Å². The Kier molecular flexibility index (Phi) is 4.59. The number of carbonyl (C=O) groups is 1. The van der Waals surface area contributed by atoms with Crippen LogP contribution in [0.2, 0.25) is 0 Å². The van der Waals surface area contributed by atoms with Gasteiger partial charge in [-0.3, -0.25) is 4.79 Å². The average molecular weight is 261 g/mol. The molecule has 0 amide bonds. The lowest BCUT2D eigenvalue weighted by atomic mass is 9.75. The van der Waals surface area contributed by atoms with E-state index in [4.69, 9.17) is 0 Å². The molecule has 2 rings (SSSR count). The smallest absolute Gasteiger partial charge is 0.325 e. The molecule has 0 heterocycles. The molecular weight excluding hydrogens is 238 g/mol. The zero-order valence-electron chi connectivity index (χ0n) is 11.6. The van der Waals surface area contributed by atoms with Gasteiger partial charge >= 0.3 is 5.97 Å². The van der Waals surface area contributed by atoms with Crippen molar-refractivity contribution in [3.63, 3.8) is 0 Å². The normalized spacial score (nSPS) is 19.8. The van der Waals surface area contributed by atoms with Crippen molar-refractivity contribution in [2.24, 2.45) is 5.41 Å². The molecule has 1 atom stereocenters. The fraction of sp³-hybridized carbons (Fsp3) is 0.562. The summed E-state index contributed by atoms with van der Waals surface area (Å²) >= 11 is 0. The largest absolute Gasteiger partial charge is 0.480 e. The van der Waals surface area contributed by atoms with Crippen molar-refractivity contribution in [1.82, 2.24) is 5.32 Å². The molecular formula is C16H23NO2. The summed E-state index contributed by atoms with van der Waals surface area (Å²) in [6.07, 6.45) is 6.24. The van der Waals surface area contributed by atoms with Crippen molar-refractivity contribution in [1.29, 1.82) is 0 Å². The molecule has 2 N–H and O–H groups in total. The minimum absolute atomic E-state index is 0.251. The Morgan fingerprint density at radius 3 is 2.47 bits per heavy atom. The van der Waals surface area contributed by atoms with Gasteiger partial charge in [-0.15, -0.1) is 0 Å². The summed E-state index contributed by atoms with van der Waals surface area (Å²) in [6, 6.07) is 8.82. The van der Waals surface area contributed by atoms with Gasteiger partial charge in [0.05, 0.1) is 0 Å². The molecule has 0 aromatic heterocycles. The van der Waals surface area contributed by atoms with Gasteiger partial charge in [-0.25, -0.2) is 0 Å². The summed E-state index contributed by atoms with van der Waals surface area (Å²) in [7, 11) is 0. The summed E-state index contributed by atoms with van der Waals surface area (Å²) in [5.41, 5.74) is 1.08. The first-order chi connectivity index (χ1) is 9.11. The molecule has 1 saturated carbocycles. The molecule has 0 radical (unpaired) electrons. The lowest BCUT2D eigenvalue weighted by molar-refractivity contribution is -0.139. The Balaban J connectivity index is 2.00. The fourth-order valence-corrected chi connectivity index (χ4v) is 2.92. The second-order valence-corrected chi connectivity index (χ2v) is 5.93. The monoisotopic (exact) mass is 261 g/mol. The Bertz CT molecular complexity index is 410. The van der Waals surface area contributed by atoms with E-state index in [-0.39, 0.29) is 5.41 Å². The highest BCUT2D eigenvalue weighted by atomic mass is 16.4. The van der Waals surface area contributed by atoms with Gasteiger partial charge in [0.25, 0.3) is 0 Å². The fourth-order valence-electron chi connectivity index (χ4n) is 2.92. The maximum Gasteiger partial charge on any atom is 0.325 e. The predicted molar refractivity (Wildman–Crippen MR) is 76.0 cm³/mol. The zero-order chi connectivity index (χ0) is 13.7. The minimum atomic E-state index is -0.800. The summed E-state index contributed by atoms with van der Waals surface area (Å²) in [4.78, 5) is 11.4. The number of hydrogen-bond acceptors (Lipinski definition) is 2. The molecule has 19 heavy (non-hydrogen) atoms. The number of carboxylic acid groups (broad SMARTS) is 1. The number of rotatable bonds is 5. The maximum absolute atomic E-state index is 11.4. The Labute approximate surface area is 115 Å². The van der Waals surface area contributed by atoms with Crippen LogP contribution in [0.1, 0.15) is 50.6 Å². The molecule has 1 aliphatic rings. The van der Waals surface area contributed by atoms with Crippen LogP contribution >= 0.6 is 0 Å². The highest BCUT2D eigenvalue weighted by molar-refractivity contribution is 5.75. The van der Waals surface area contributed by atoms with E-state index in [1.165, 1.54) is 32.1 Å². The lowest BCUT2D eigenvalue weighted by Crippen LogP contribution is -2.38. The third-order valence-electron chi connectivity index (χ3n) is 4.17. The number of nitrogens with one attached hydrogen (secondary N) is 1. The number of hydrogen-bond donors (Lipinski definition) is 2. The molecule has 1 unspecified atom stereocenters. The van der Waals surface area contributed by atoms with Gasteiger partial charge < -0.3 is 10.4 Å². The summed E-state index contributed by atoms with van der Waals surface area (Å²) in [5.74, 6) is -0.800. The molecule has 1 fully saturated rings. The van der Waals surface area contributed by atoms with E-state index in [2.05, 4.69) is 12.2 Å². The number of carboxylic acids is 1. The number of aliphatic carboxylic acids is 1. The van der Waals surface area contributed by atoms with E-state index in [0.29, 0.717) is 0 Å². The van der Waals surface area contributed by atoms with Crippen molar-refractivity contribution in [2.45, 2.75) is 45.1 Å². The Morgan fingerprint density at radius 1 is 1.26 bits per heavy atom. The molecule has 104 valence electrons. The number of benzene rings is 1. The lowest BCUT2D eigenvalue weighted by Gasteiger charge is -2.34. The van der Waals surface area contributed by atoms with Gasteiger partial charge in [-0.05, 0) is 23.8 Å². The highest BCUT2D eigenvalue weighted by Crippen LogP contribution is 2.35. The quantitative estimate of drug-likeness (QED) is 0.854. The van der Waals surface area contributed by atoms with Crippen LogP contribution in [0.3, 0.4) is 0 Å². The summed E-state index contributed by atoms with van der Waals surface area (Å²) in [6.45, 7) is 3.04. The van der Waals surface area contributed by atoms with Crippen molar-refractivity contribution >= 4 is 5.97 Å². The predicted octanol–water partition coefficient (Wildman–Crippen LogP) is 3.37. The zero-order valence-corrected chi connectivity index (χ0v) is 11.6. The molecule has 1 aromatic carbocycles. The van der Waals surface area contributed by atoms with E-state index in [1.54, 1.807) is 0 Å². The molecule has 1 aromatic rings. The second kappa shape index (κ2) is 6.20. The van der Waals surface area contributed by atoms with Gasteiger partial charge in [-0.2, -0.15) is 0 Å². The third-order valence-corrected chi connectivity index (χ3v) is 4.17. The van der Waals surface area contributed by atoms with Crippen LogP contribution in [0.4, 0.5) is 0 Å². The molecule has 0 saturated heterocycles. The van der Waals surface area contributed by atoms with E-state index in [0.717, 1.165) is 12.1 Å². The second-order valence-electron chi connectivity index (χ2n) is 5.93. The van der Waals surface area contributed by atoms with Crippen molar-refractivity contribution in [3.05, 3.63) is 35.9 Å². The first-order valence-electron chi connectivity index (χ1n) is 7.12. The maximum atomic E-state index is 11.4. The van der Waals surface area contributed by atoms with Crippen molar-refractivity contribution in [2.75, 3.05) is 6.54 Å². The first-order valence-corrected chi connectivity index (χ1v) is 7.12. The SMILES string of the molecule is CC1(CNC(C(=O)O)c2ccccc2)CCCCC1. The summed E-state index contributed by atoms with van der Waals surface area (Å²) < 4.78 is 0. The van der Waals surface area contributed by atoms with E-state index in [9.17, 15) is 9.90 Å². The van der Waals surface area contributed by atoms with E-state index in [1.807, 2.05) is 30.3 Å².